The number of non-ortho nitro benzene ring substituents is 1. The fourth-order valence-corrected chi connectivity index (χ4v) is 4.26. The Bertz CT molecular complexity index is 862. The fraction of sp³-hybridized carbons (Fsp3) is 0.263. The number of allylic oxidation sites excluding steroid dienone is 2. The van der Waals surface area contributed by atoms with Crippen molar-refractivity contribution >= 4 is 23.0 Å². The largest absolute Gasteiger partial charge is 0.377 e. The molecule has 0 bridgehead atoms. The van der Waals surface area contributed by atoms with E-state index in [1.807, 2.05) is 25.1 Å². The van der Waals surface area contributed by atoms with Gasteiger partial charge in [-0.05, 0) is 42.0 Å². The lowest BCUT2D eigenvalue weighted by Crippen LogP contribution is -2.29. The van der Waals surface area contributed by atoms with Crippen LogP contribution in [-0.2, 0) is 0 Å². The first-order chi connectivity index (χ1) is 11.6. The predicted octanol–water partition coefficient (Wildman–Crippen LogP) is 5.38. The highest BCUT2D eigenvalue weighted by Gasteiger charge is 2.39. The van der Waals surface area contributed by atoms with Gasteiger partial charge in [-0.25, -0.2) is 0 Å². The number of fused-ring (bicyclic) bond motifs is 3. The van der Waals surface area contributed by atoms with Crippen molar-refractivity contribution < 1.29 is 4.92 Å². The van der Waals surface area contributed by atoms with Crippen molar-refractivity contribution in [2.75, 3.05) is 5.32 Å². The molecule has 5 heteroatoms. The normalized spacial score (nSPS) is 24.2. The van der Waals surface area contributed by atoms with Crippen LogP contribution in [0, 0.1) is 23.0 Å². The molecule has 2 aromatic rings. The molecule has 0 unspecified atom stereocenters. The third-order valence-electron chi connectivity index (χ3n) is 5.10. The van der Waals surface area contributed by atoms with Gasteiger partial charge in [0.15, 0.2) is 0 Å². The molecule has 4 rings (SSSR count). The molecule has 4 nitrogen and oxygen atoms in total. The molecule has 24 heavy (non-hydrogen) atoms. The van der Waals surface area contributed by atoms with Crippen LogP contribution in [0.1, 0.15) is 35.1 Å². The predicted molar refractivity (Wildman–Crippen MR) is 95.6 cm³/mol. The summed E-state index contributed by atoms with van der Waals surface area (Å²) >= 11 is 6.43. The molecule has 0 saturated heterocycles. The monoisotopic (exact) mass is 340 g/mol. The number of aryl methyl sites for hydroxylation is 1. The molecule has 0 aromatic heterocycles. The maximum absolute atomic E-state index is 11.2. The number of nitrogens with zero attached hydrogens (tertiary/aromatic N) is 1. The van der Waals surface area contributed by atoms with Crippen LogP contribution in [-0.4, -0.2) is 4.92 Å². The van der Waals surface area contributed by atoms with Gasteiger partial charge in [-0.2, -0.15) is 0 Å². The maximum atomic E-state index is 11.2. The summed E-state index contributed by atoms with van der Waals surface area (Å²) in [5.74, 6) is 0.500. The zero-order chi connectivity index (χ0) is 16.8. The molecule has 2 aromatic carbocycles. The first kappa shape index (κ1) is 15.2. The van der Waals surface area contributed by atoms with Crippen molar-refractivity contribution in [2.45, 2.75) is 25.3 Å². The van der Waals surface area contributed by atoms with Gasteiger partial charge in [0.2, 0.25) is 0 Å². The Balaban J connectivity index is 1.85. The molecule has 1 N–H and O–H groups in total. The van der Waals surface area contributed by atoms with Crippen molar-refractivity contribution in [1.82, 2.24) is 0 Å². The summed E-state index contributed by atoms with van der Waals surface area (Å²) in [7, 11) is 0. The zero-order valence-corrected chi connectivity index (χ0v) is 14.0. The maximum Gasteiger partial charge on any atom is 0.270 e. The van der Waals surface area contributed by atoms with Crippen molar-refractivity contribution in [3.63, 3.8) is 0 Å². The average molecular weight is 341 g/mol. The average Bonchev–Trinajstić information content (AvgIpc) is 3.05. The van der Waals surface area contributed by atoms with E-state index in [0.29, 0.717) is 5.92 Å². The van der Waals surface area contributed by atoms with E-state index in [1.54, 1.807) is 12.1 Å². The number of hydrogen-bond acceptors (Lipinski definition) is 3. The van der Waals surface area contributed by atoms with Gasteiger partial charge in [-0.15, -0.1) is 0 Å². The quantitative estimate of drug-likeness (QED) is 0.453. The van der Waals surface area contributed by atoms with Crippen LogP contribution in [0.2, 0.25) is 5.02 Å². The Kier molecular flexibility index (Phi) is 3.57. The van der Waals surface area contributed by atoms with Crippen LogP contribution in [0.25, 0.3) is 0 Å². The lowest BCUT2D eigenvalue weighted by Gasteiger charge is -2.38. The van der Waals surface area contributed by atoms with Gasteiger partial charge < -0.3 is 5.32 Å². The summed E-state index contributed by atoms with van der Waals surface area (Å²) in [6, 6.07) is 11.3. The molecule has 1 heterocycles. The summed E-state index contributed by atoms with van der Waals surface area (Å²) in [5, 5.41) is 15.6. The second-order valence-corrected chi connectivity index (χ2v) is 6.89. The van der Waals surface area contributed by atoms with E-state index in [2.05, 4.69) is 23.5 Å². The number of nitro groups is 1. The number of nitro benzene ring substituents is 1. The second kappa shape index (κ2) is 5.64. The first-order valence-electron chi connectivity index (χ1n) is 8.03. The van der Waals surface area contributed by atoms with Gasteiger partial charge in [-0.1, -0.05) is 42.0 Å². The Morgan fingerprint density at radius 3 is 2.79 bits per heavy atom. The number of hydrogen-bond donors (Lipinski definition) is 1. The smallest absolute Gasteiger partial charge is 0.270 e. The third kappa shape index (κ3) is 2.29. The van der Waals surface area contributed by atoms with E-state index in [0.717, 1.165) is 33.8 Å². The lowest BCUT2D eigenvalue weighted by molar-refractivity contribution is -0.385. The van der Waals surface area contributed by atoms with Gasteiger partial charge in [0.1, 0.15) is 0 Å². The summed E-state index contributed by atoms with van der Waals surface area (Å²) in [4.78, 5) is 10.9. The van der Waals surface area contributed by atoms with E-state index in [-0.39, 0.29) is 22.6 Å². The lowest BCUT2D eigenvalue weighted by atomic mass is 9.76. The standard InChI is InChI=1S/C19H17ClN2O2/c1-11-9-12(22(23)24)10-16-13-6-4-7-14(13)19(21-18(11)16)15-5-2-3-8-17(15)20/h2-6,8-10,13-14,19,21H,7H2,1H3/t13-,14+,19+/m1/s1. The number of anilines is 1. The number of rotatable bonds is 2. The summed E-state index contributed by atoms with van der Waals surface area (Å²) < 4.78 is 0. The first-order valence-corrected chi connectivity index (χ1v) is 8.40. The third-order valence-corrected chi connectivity index (χ3v) is 5.45. The highest BCUT2D eigenvalue weighted by molar-refractivity contribution is 6.31. The Hall–Kier alpha value is -2.33. The topological polar surface area (TPSA) is 55.2 Å². The number of benzene rings is 2. The molecule has 0 amide bonds. The fourth-order valence-electron chi connectivity index (χ4n) is 4.01. The van der Waals surface area contributed by atoms with Gasteiger partial charge in [0.05, 0.1) is 11.0 Å². The van der Waals surface area contributed by atoms with Crippen LogP contribution in [0.4, 0.5) is 11.4 Å². The minimum Gasteiger partial charge on any atom is -0.377 e. The Morgan fingerprint density at radius 1 is 1.25 bits per heavy atom. The minimum absolute atomic E-state index is 0.103. The molecule has 0 radical (unpaired) electrons. The molecule has 0 fully saturated rings. The number of halogens is 1. The summed E-state index contributed by atoms with van der Waals surface area (Å²) in [6.07, 6.45) is 5.29. The SMILES string of the molecule is Cc1cc([N+](=O)[O-])cc2c1N[C@H](c1ccccc1Cl)[C@H]1CC=C[C@@H]21. The molecule has 2 aliphatic rings. The van der Waals surface area contributed by atoms with Crippen LogP contribution in [0.15, 0.2) is 48.6 Å². The summed E-state index contributed by atoms with van der Waals surface area (Å²) in [6.45, 7) is 1.92. The van der Waals surface area contributed by atoms with Gasteiger partial charge in [-0.3, -0.25) is 10.1 Å². The Labute approximate surface area is 145 Å². The highest BCUT2D eigenvalue weighted by Crippen LogP contribution is 2.52. The highest BCUT2D eigenvalue weighted by atomic mass is 35.5. The van der Waals surface area contributed by atoms with E-state index >= 15 is 0 Å². The molecule has 122 valence electrons. The molecule has 3 atom stereocenters. The van der Waals surface area contributed by atoms with E-state index < -0.39 is 0 Å². The van der Waals surface area contributed by atoms with Gasteiger partial charge in [0, 0.05) is 28.8 Å². The summed E-state index contributed by atoms with van der Waals surface area (Å²) in [5.41, 5.74) is 4.15. The van der Waals surface area contributed by atoms with Crippen LogP contribution in [0.5, 0.6) is 0 Å². The van der Waals surface area contributed by atoms with Crippen molar-refractivity contribution in [3.8, 4) is 0 Å². The van der Waals surface area contributed by atoms with Crippen molar-refractivity contribution in [2.24, 2.45) is 5.92 Å². The van der Waals surface area contributed by atoms with Crippen LogP contribution >= 0.6 is 11.6 Å². The van der Waals surface area contributed by atoms with E-state index in [9.17, 15) is 10.1 Å². The van der Waals surface area contributed by atoms with Gasteiger partial charge >= 0.3 is 0 Å². The Morgan fingerprint density at radius 2 is 2.04 bits per heavy atom. The van der Waals surface area contributed by atoms with Gasteiger partial charge in [0.25, 0.3) is 5.69 Å². The minimum atomic E-state index is -0.318. The van der Waals surface area contributed by atoms with E-state index in [1.165, 1.54) is 0 Å². The number of nitrogens with one attached hydrogen (secondary N) is 1. The molecular weight excluding hydrogens is 324 g/mol. The molecular formula is C19H17ClN2O2. The second-order valence-electron chi connectivity index (χ2n) is 6.48. The van der Waals surface area contributed by atoms with Crippen molar-refractivity contribution in [1.29, 1.82) is 0 Å². The zero-order valence-electron chi connectivity index (χ0n) is 13.2. The molecule has 1 aliphatic heterocycles. The van der Waals surface area contributed by atoms with Crippen molar-refractivity contribution in [3.05, 3.63) is 80.4 Å². The molecule has 0 spiro atoms. The van der Waals surface area contributed by atoms with Crippen LogP contribution in [0.3, 0.4) is 0 Å². The van der Waals surface area contributed by atoms with E-state index in [4.69, 9.17) is 11.6 Å². The molecule has 0 saturated carbocycles. The van der Waals surface area contributed by atoms with Crippen LogP contribution < -0.4 is 5.32 Å². The molecule has 1 aliphatic carbocycles.